The number of hydrogen-bond acceptors (Lipinski definition) is 3. The molecule has 0 radical (unpaired) electrons. The number of thiocarbonyl (C=S) groups is 1. The van der Waals surface area contributed by atoms with E-state index in [1.54, 1.807) is 13.0 Å². The lowest BCUT2D eigenvalue weighted by Gasteiger charge is -2.09. The number of sulfone groups is 1. The average molecular weight is 323 g/mol. The zero-order valence-electron chi connectivity index (χ0n) is 8.53. The lowest BCUT2D eigenvalue weighted by Crippen LogP contribution is -2.19. The summed E-state index contributed by atoms with van der Waals surface area (Å²) in [5.74, 6) is 0.0567. The smallest absolute Gasteiger partial charge is 0.178 e. The first kappa shape index (κ1) is 13.4. The van der Waals surface area contributed by atoms with Crippen molar-refractivity contribution >= 4 is 48.8 Å². The molecular weight excluding hydrogens is 312 g/mol. The number of halogens is 1. The predicted octanol–water partition coefficient (Wildman–Crippen LogP) is 1.90. The first-order valence-corrected chi connectivity index (χ1v) is 7.31. The van der Waals surface area contributed by atoms with Gasteiger partial charge in [-0.15, -0.1) is 0 Å². The van der Waals surface area contributed by atoms with Gasteiger partial charge >= 0.3 is 0 Å². The van der Waals surface area contributed by atoms with Crippen LogP contribution in [0.5, 0.6) is 0 Å². The minimum atomic E-state index is -3.22. The fraction of sp³-hybridized carbons (Fsp3) is 0.222. The van der Waals surface area contributed by atoms with E-state index in [0.717, 1.165) is 0 Å². The predicted molar refractivity (Wildman–Crippen MR) is 72.3 cm³/mol. The normalized spacial score (nSPS) is 11.1. The Morgan fingerprint density at radius 3 is 2.69 bits per heavy atom. The average Bonchev–Trinajstić information content (AvgIpc) is 2.20. The van der Waals surface area contributed by atoms with Crippen molar-refractivity contribution in [3.8, 4) is 0 Å². The number of anilines is 1. The van der Waals surface area contributed by atoms with E-state index in [1.807, 2.05) is 0 Å². The highest BCUT2D eigenvalue weighted by atomic mass is 79.9. The number of nitrogens with two attached hydrogens (primary N) is 1. The molecule has 0 fully saturated rings. The zero-order valence-corrected chi connectivity index (χ0v) is 11.7. The molecule has 1 aromatic rings. The third-order valence-electron chi connectivity index (χ3n) is 1.93. The highest BCUT2D eigenvalue weighted by Crippen LogP contribution is 2.26. The molecule has 0 bridgehead atoms. The maximum atomic E-state index is 11.6. The van der Waals surface area contributed by atoms with Gasteiger partial charge in [0.15, 0.2) is 14.9 Å². The van der Waals surface area contributed by atoms with Gasteiger partial charge in [0.05, 0.1) is 16.3 Å². The van der Waals surface area contributed by atoms with Crippen molar-refractivity contribution in [3.05, 3.63) is 22.7 Å². The van der Waals surface area contributed by atoms with Crippen LogP contribution in [0.2, 0.25) is 0 Å². The Morgan fingerprint density at radius 1 is 1.56 bits per heavy atom. The lowest BCUT2D eigenvalue weighted by atomic mass is 10.3. The molecule has 1 aromatic carbocycles. The molecule has 0 unspecified atom stereocenters. The van der Waals surface area contributed by atoms with E-state index >= 15 is 0 Å². The second kappa shape index (κ2) is 5.11. The van der Waals surface area contributed by atoms with E-state index < -0.39 is 9.84 Å². The molecule has 0 spiro atoms. The van der Waals surface area contributed by atoms with Crippen molar-refractivity contribution in [1.82, 2.24) is 0 Å². The van der Waals surface area contributed by atoms with E-state index in [9.17, 15) is 8.42 Å². The van der Waals surface area contributed by atoms with Crippen LogP contribution in [0, 0.1) is 0 Å². The summed E-state index contributed by atoms with van der Waals surface area (Å²) in [7, 11) is -3.22. The molecule has 1 rings (SSSR count). The van der Waals surface area contributed by atoms with Gasteiger partial charge in [0.25, 0.3) is 0 Å². The number of rotatable bonds is 3. The number of nitrogens with one attached hydrogen (secondary N) is 1. The van der Waals surface area contributed by atoms with Crippen LogP contribution in [0.3, 0.4) is 0 Å². The van der Waals surface area contributed by atoms with Crippen LogP contribution in [0.4, 0.5) is 5.69 Å². The Morgan fingerprint density at radius 2 is 2.19 bits per heavy atom. The molecule has 0 aromatic heterocycles. The van der Waals surface area contributed by atoms with Gasteiger partial charge < -0.3 is 11.1 Å². The summed E-state index contributed by atoms with van der Waals surface area (Å²) in [5, 5.41) is 2.80. The van der Waals surface area contributed by atoms with Gasteiger partial charge in [0.1, 0.15) is 0 Å². The Balaban J connectivity index is 3.22. The van der Waals surface area contributed by atoms with Crippen LogP contribution in [0.1, 0.15) is 6.92 Å². The lowest BCUT2D eigenvalue weighted by molar-refractivity contribution is 0.597. The first-order valence-electron chi connectivity index (χ1n) is 4.45. The summed E-state index contributed by atoms with van der Waals surface area (Å²) < 4.78 is 24.0. The first-order chi connectivity index (χ1) is 7.36. The van der Waals surface area contributed by atoms with Crippen LogP contribution in [-0.4, -0.2) is 19.3 Å². The van der Waals surface area contributed by atoms with Crippen LogP contribution in [-0.2, 0) is 9.84 Å². The van der Waals surface area contributed by atoms with Crippen LogP contribution in [0.15, 0.2) is 27.6 Å². The van der Waals surface area contributed by atoms with Crippen LogP contribution < -0.4 is 11.1 Å². The molecule has 4 nitrogen and oxygen atoms in total. The molecule has 0 amide bonds. The molecule has 0 atom stereocenters. The SMILES string of the molecule is CCS(=O)(=O)c1ccc(Br)c(NC(N)=S)c1. The summed E-state index contributed by atoms with van der Waals surface area (Å²) >= 11 is 7.97. The Kier molecular flexibility index (Phi) is 4.28. The van der Waals surface area contributed by atoms with Crippen molar-refractivity contribution in [2.75, 3.05) is 11.1 Å². The standard InChI is InChI=1S/C9H11BrN2O2S2/c1-2-16(13,14)6-3-4-7(10)8(5-6)12-9(11)15/h3-5H,2H2,1H3,(H3,11,12,15). The van der Waals surface area contributed by atoms with Crippen molar-refractivity contribution in [2.45, 2.75) is 11.8 Å². The summed E-state index contributed by atoms with van der Waals surface area (Å²) in [5.41, 5.74) is 5.88. The van der Waals surface area contributed by atoms with Gasteiger partial charge in [0.2, 0.25) is 0 Å². The summed E-state index contributed by atoms with van der Waals surface area (Å²) in [6, 6.07) is 4.68. The Bertz CT molecular complexity index is 514. The fourth-order valence-corrected chi connectivity index (χ4v) is 2.45. The third kappa shape index (κ3) is 3.16. The molecule has 0 aliphatic heterocycles. The minimum absolute atomic E-state index is 0.0567. The van der Waals surface area contributed by atoms with Crippen molar-refractivity contribution in [3.63, 3.8) is 0 Å². The molecule has 0 aliphatic carbocycles. The molecule has 0 heterocycles. The Labute approximate surface area is 108 Å². The van der Waals surface area contributed by atoms with Gasteiger partial charge in [0, 0.05) is 4.47 Å². The summed E-state index contributed by atoms with van der Waals surface area (Å²) in [6.45, 7) is 1.60. The summed E-state index contributed by atoms with van der Waals surface area (Å²) in [6.07, 6.45) is 0. The molecule has 3 N–H and O–H groups in total. The van der Waals surface area contributed by atoms with E-state index in [0.29, 0.717) is 10.2 Å². The van der Waals surface area contributed by atoms with E-state index in [4.69, 9.17) is 18.0 Å². The molecule has 0 saturated heterocycles. The molecule has 0 aliphatic rings. The fourth-order valence-electron chi connectivity index (χ4n) is 1.09. The van der Waals surface area contributed by atoms with Gasteiger partial charge in [-0.3, -0.25) is 0 Å². The van der Waals surface area contributed by atoms with Gasteiger partial charge in [-0.25, -0.2) is 8.42 Å². The maximum absolute atomic E-state index is 11.6. The second-order valence-electron chi connectivity index (χ2n) is 3.03. The van der Waals surface area contributed by atoms with E-state index in [-0.39, 0.29) is 15.8 Å². The molecule has 88 valence electrons. The third-order valence-corrected chi connectivity index (χ3v) is 4.46. The van der Waals surface area contributed by atoms with Gasteiger partial charge in [-0.2, -0.15) is 0 Å². The molecule has 16 heavy (non-hydrogen) atoms. The molecular formula is C9H11BrN2O2S2. The monoisotopic (exact) mass is 322 g/mol. The Hall–Kier alpha value is -0.660. The van der Waals surface area contributed by atoms with Gasteiger partial charge in [-0.1, -0.05) is 6.92 Å². The van der Waals surface area contributed by atoms with Crippen LogP contribution in [0.25, 0.3) is 0 Å². The van der Waals surface area contributed by atoms with E-state index in [1.165, 1.54) is 12.1 Å². The van der Waals surface area contributed by atoms with Crippen molar-refractivity contribution in [2.24, 2.45) is 5.73 Å². The van der Waals surface area contributed by atoms with Crippen molar-refractivity contribution in [1.29, 1.82) is 0 Å². The minimum Gasteiger partial charge on any atom is -0.376 e. The molecule has 7 heteroatoms. The van der Waals surface area contributed by atoms with E-state index in [2.05, 4.69) is 21.2 Å². The van der Waals surface area contributed by atoms with Crippen molar-refractivity contribution < 1.29 is 8.42 Å². The zero-order chi connectivity index (χ0) is 12.3. The number of hydrogen-bond donors (Lipinski definition) is 2. The molecule has 0 saturated carbocycles. The summed E-state index contributed by atoms with van der Waals surface area (Å²) in [4.78, 5) is 0.247. The largest absolute Gasteiger partial charge is 0.376 e. The second-order valence-corrected chi connectivity index (χ2v) is 6.61. The quantitative estimate of drug-likeness (QED) is 0.831. The van der Waals surface area contributed by atoms with Crippen LogP contribution >= 0.6 is 28.1 Å². The van der Waals surface area contributed by atoms with Gasteiger partial charge in [-0.05, 0) is 46.3 Å². The highest BCUT2D eigenvalue weighted by molar-refractivity contribution is 9.10. The highest BCUT2D eigenvalue weighted by Gasteiger charge is 2.13. The topological polar surface area (TPSA) is 72.2 Å². The number of benzene rings is 1. The maximum Gasteiger partial charge on any atom is 0.178 e.